The van der Waals surface area contributed by atoms with Gasteiger partial charge >= 0.3 is 0 Å². The standard InChI is InChI=1S/C19H44N5/c1-4-24(5-2,6-3)19-9-17-23-16-8-12-21-14-13-20-10-7-11-22-15-18-23/h20-22H,4-19H2,1-3H3/q+1/i15T2,18T2. The van der Waals surface area contributed by atoms with Crippen molar-refractivity contribution >= 4 is 0 Å². The van der Waals surface area contributed by atoms with Crippen LogP contribution >= 0.6 is 0 Å². The minimum Gasteiger partial charge on any atom is -0.324 e. The molecule has 0 saturated carbocycles. The van der Waals surface area contributed by atoms with E-state index < -0.39 is 13.0 Å². The minimum atomic E-state index is -2.09. The molecular formula is C19H44N5+. The number of rotatable bonds is 7. The Bertz CT molecular complexity index is 411. The number of hydrogen-bond acceptors (Lipinski definition) is 4. The molecule has 0 aromatic carbocycles. The molecular weight excluding hydrogens is 298 g/mol. The van der Waals surface area contributed by atoms with Crippen molar-refractivity contribution in [3.63, 3.8) is 0 Å². The summed E-state index contributed by atoms with van der Waals surface area (Å²) in [6.07, 6.45) is 2.46. The largest absolute Gasteiger partial charge is 0.324 e. The highest BCUT2D eigenvalue weighted by Crippen LogP contribution is 2.08. The maximum absolute atomic E-state index is 8.60. The summed E-state index contributed by atoms with van der Waals surface area (Å²) in [5, 5.41) is 9.55. The molecule has 0 atom stereocenters. The molecule has 1 aliphatic heterocycles. The average Bonchev–Trinajstić information content (AvgIpc) is 2.67. The van der Waals surface area contributed by atoms with Gasteiger partial charge < -0.3 is 25.3 Å². The lowest BCUT2D eigenvalue weighted by Crippen LogP contribution is -2.49. The van der Waals surface area contributed by atoms with Crippen LogP contribution in [0.2, 0.25) is 0 Å². The monoisotopic (exact) mass is 350 g/mol. The van der Waals surface area contributed by atoms with Crippen molar-refractivity contribution in [2.24, 2.45) is 0 Å². The lowest BCUT2D eigenvalue weighted by molar-refractivity contribution is -0.923. The first kappa shape index (κ1) is 16.0. The molecule has 5 heteroatoms. The SMILES string of the molecule is [3H]C1([3H])NCCCNCCNCCCN(CCC[N+](CC)(CC)CC)C1([3H])[3H]. The van der Waals surface area contributed by atoms with Crippen LogP contribution in [0.25, 0.3) is 0 Å². The highest BCUT2D eigenvalue weighted by Gasteiger charge is 2.20. The van der Waals surface area contributed by atoms with E-state index in [1.165, 1.54) is 0 Å². The maximum atomic E-state index is 8.60. The van der Waals surface area contributed by atoms with Crippen LogP contribution in [0.15, 0.2) is 0 Å². The summed E-state index contributed by atoms with van der Waals surface area (Å²) >= 11 is 0. The molecule has 0 aromatic rings. The Morgan fingerprint density at radius 3 is 2.17 bits per heavy atom. The van der Waals surface area contributed by atoms with Crippen molar-refractivity contribution < 1.29 is 9.97 Å². The maximum Gasteiger partial charge on any atom is 0.0798 e. The van der Waals surface area contributed by atoms with E-state index in [0.717, 1.165) is 76.1 Å². The molecule has 0 aromatic heterocycles. The Morgan fingerprint density at radius 1 is 0.875 bits per heavy atom. The highest BCUT2D eigenvalue weighted by atomic mass is 15.3. The third-order valence-corrected chi connectivity index (χ3v) is 5.29. The lowest BCUT2D eigenvalue weighted by Gasteiger charge is -2.36. The first-order valence-electron chi connectivity index (χ1n) is 12.0. The van der Waals surface area contributed by atoms with Gasteiger partial charge in [0.15, 0.2) is 0 Å². The third kappa shape index (κ3) is 9.33. The summed E-state index contributed by atoms with van der Waals surface area (Å²) in [5.74, 6) is 0. The summed E-state index contributed by atoms with van der Waals surface area (Å²) in [4.78, 5) is 1.72. The molecule has 0 amide bonds. The van der Waals surface area contributed by atoms with Crippen molar-refractivity contribution in [2.75, 3.05) is 85.0 Å². The van der Waals surface area contributed by atoms with Gasteiger partial charge in [0.05, 0.1) is 26.2 Å². The molecule has 0 spiro atoms. The Morgan fingerprint density at radius 2 is 1.50 bits per heavy atom. The van der Waals surface area contributed by atoms with Crippen LogP contribution in [0.5, 0.6) is 0 Å². The van der Waals surface area contributed by atoms with Gasteiger partial charge in [-0.3, -0.25) is 0 Å². The van der Waals surface area contributed by atoms with Gasteiger partial charge in [0, 0.05) is 44.5 Å². The summed E-state index contributed by atoms with van der Waals surface area (Å²) in [5.41, 5.74) is 0. The summed E-state index contributed by atoms with van der Waals surface area (Å²) in [6, 6.07) is 0. The fourth-order valence-corrected chi connectivity index (χ4v) is 3.27. The van der Waals surface area contributed by atoms with E-state index in [2.05, 4.69) is 36.7 Å². The molecule has 1 saturated heterocycles. The summed E-state index contributed by atoms with van der Waals surface area (Å²) < 4.78 is 34.9. The normalized spacial score (nSPS) is 27.3. The van der Waals surface area contributed by atoms with Crippen LogP contribution in [-0.2, 0) is 0 Å². The second-order valence-electron chi connectivity index (χ2n) is 6.73. The number of hydrogen-bond donors (Lipinski definition) is 3. The van der Waals surface area contributed by atoms with Gasteiger partial charge in [-0.05, 0) is 59.8 Å². The number of nitrogens with zero attached hydrogens (tertiary/aromatic N) is 2. The molecule has 5 nitrogen and oxygen atoms in total. The zero-order valence-electron chi connectivity index (χ0n) is 20.3. The average molecular weight is 351 g/mol. The van der Waals surface area contributed by atoms with Crippen LogP contribution < -0.4 is 16.0 Å². The van der Waals surface area contributed by atoms with Gasteiger partial charge in [0.2, 0.25) is 0 Å². The van der Waals surface area contributed by atoms with E-state index in [0.29, 0.717) is 19.6 Å². The quantitative estimate of drug-likeness (QED) is 0.602. The smallest absolute Gasteiger partial charge is 0.0798 e. The first-order chi connectivity index (χ1) is 13.2. The molecule has 144 valence electrons. The van der Waals surface area contributed by atoms with E-state index in [1.54, 1.807) is 4.90 Å². The molecule has 1 fully saturated rings. The predicted molar refractivity (Wildman–Crippen MR) is 106 cm³/mol. The zero-order chi connectivity index (χ0) is 21.1. The predicted octanol–water partition coefficient (Wildman–Crippen LogP) is 1.12. The zero-order valence-corrected chi connectivity index (χ0v) is 16.3. The number of nitrogens with one attached hydrogen (secondary N) is 3. The van der Waals surface area contributed by atoms with E-state index in [1.807, 2.05) is 0 Å². The van der Waals surface area contributed by atoms with Crippen LogP contribution in [0, 0.1) is 0 Å². The van der Waals surface area contributed by atoms with Crippen LogP contribution in [-0.4, -0.2) is 94.4 Å². The van der Waals surface area contributed by atoms with E-state index >= 15 is 0 Å². The highest BCUT2D eigenvalue weighted by molar-refractivity contribution is 4.64. The Hall–Kier alpha value is -0.200. The summed E-state index contributed by atoms with van der Waals surface area (Å²) in [6.45, 7) is 11.8. The fraction of sp³-hybridized carbons (Fsp3) is 1.00. The van der Waals surface area contributed by atoms with Crippen molar-refractivity contribution in [1.29, 1.82) is 0 Å². The molecule has 0 unspecified atom stereocenters. The Kier molecular flexibility index (Phi) is 9.35. The molecule has 1 heterocycles. The third-order valence-electron chi connectivity index (χ3n) is 5.29. The number of quaternary nitrogens is 1. The van der Waals surface area contributed by atoms with Gasteiger partial charge in [-0.25, -0.2) is 0 Å². The fourth-order valence-electron chi connectivity index (χ4n) is 3.27. The Balaban J connectivity index is 2.81. The van der Waals surface area contributed by atoms with Gasteiger partial charge in [0.1, 0.15) is 0 Å². The van der Waals surface area contributed by atoms with Crippen LogP contribution in [0.3, 0.4) is 0 Å². The molecule has 0 aliphatic carbocycles. The lowest BCUT2D eigenvalue weighted by atomic mass is 10.2. The second kappa shape index (κ2) is 14.0. The van der Waals surface area contributed by atoms with Crippen molar-refractivity contribution in [2.45, 2.75) is 40.0 Å². The molecule has 0 bridgehead atoms. The van der Waals surface area contributed by atoms with Crippen LogP contribution in [0.1, 0.15) is 45.5 Å². The topological polar surface area (TPSA) is 39.3 Å². The molecule has 24 heavy (non-hydrogen) atoms. The van der Waals surface area contributed by atoms with Crippen molar-refractivity contribution in [1.82, 2.24) is 20.9 Å². The van der Waals surface area contributed by atoms with Gasteiger partial charge in [-0.2, -0.15) is 0 Å². The van der Waals surface area contributed by atoms with Gasteiger partial charge in [-0.1, -0.05) is 0 Å². The Labute approximate surface area is 156 Å². The van der Waals surface area contributed by atoms with E-state index in [4.69, 9.17) is 5.48 Å². The minimum absolute atomic E-state index is 0.461. The molecule has 1 aliphatic rings. The van der Waals surface area contributed by atoms with E-state index in [9.17, 15) is 0 Å². The van der Waals surface area contributed by atoms with Crippen LogP contribution in [0.4, 0.5) is 0 Å². The molecule has 0 radical (unpaired) electrons. The van der Waals surface area contributed by atoms with Crippen molar-refractivity contribution in [3.05, 3.63) is 0 Å². The first-order valence-corrected chi connectivity index (χ1v) is 10.0. The molecule has 3 N–H and O–H groups in total. The van der Waals surface area contributed by atoms with Gasteiger partial charge in [0.25, 0.3) is 0 Å². The van der Waals surface area contributed by atoms with E-state index in [-0.39, 0.29) is 0 Å². The second-order valence-corrected chi connectivity index (χ2v) is 6.73. The van der Waals surface area contributed by atoms with Gasteiger partial charge in [-0.15, -0.1) is 0 Å². The van der Waals surface area contributed by atoms with Crippen molar-refractivity contribution in [3.8, 4) is 0 Å². The molecule has 1 rings (SSSR count). The summed E-state index contributed by atoms with van der Waals surface area (Å²) in [7, 11) is 0.